The largest absolute Gasteiger partial charge is 0.350 e. The van der Waals surface area contributed by atoms with Crippen LogP contribution < -0.4 is 5.32 Å². The summed E-state index contributed by atoms with van der Waals surface area (Å²) in [4.78, 5) is 29.2. The lowest BCUT2D eigenvalue weighted by atomic mass is 10.1. The van der Waals surface area contributed by atoms with Crippen LogP contribution in [0.1, 0.15) is 16.7 Å². The van der Waals surface area contributed by atoms with Gasteiger partial charge in [0.05, 0.1) is 0 Å². The van der Waals surface area contributed by atoms with Crippen LogP contribution in [-0.2, 0) is 16.0 Å². The highest BCUT2D eigenvalue weighted by Crippen LogP contribution is 2.36. The van der Waals surface area contributed by atoms with Crippen LogP contribution in [0, 0.1) is 13.8 Å². The summed E-state index contributed by atoms with van der Waals surface area (Å²) in [5.74, 6) is -0.528. The number of hydrogen-bond acceptors (Lipinski definition) is 4. The molecule has 0 fully saturated rings. The first kappa shape index (κ1) is 20.9. The van der Waals surface area contributed by atoms with Gasteiger partial charge in [-0.25, -0.2) is 0 Å². The summed E-state index contributed by atoms with van der Waals surface area (Å²) < 4.78 is 0. The Kier molecular flexibility index (Phi) is 6.23. The first-order valence-corrected chi connectivity index (χ1v) is 11.1. The van der Waals surface area contributed by atoms with E-state index in [0.29, 0.717) is 23.6 Å². The third kappa shape index (κ3) is 4.89. The number of rotatable bonds is 7. The average Bonchev–Trinajstić information content (AvgIpc) is 2.97. The number of thioether (sulfide) groups is 1. The lowest BCUT2D eigenvalue weighted by Crippen LogP contribution is -2.34. The molecule has 2 amide bonds. The van der Waals surface area contributed by atoms with Crippen LogP contribution >= 0.6 is 11.8 Å². The van der Waals surface area contributed by atoms with E-state index in [0.717, 1.165) is 27.3 Å². The van der Waals surface area contributed by atoms with Gasteiger partial charge >= 0.3 is 0 Å². The number of nitrogens with zero attached hydrogens (tertiary/aromatic N) is 1. The SMILES string of the molecule is Cc1cc(C)cc(NC2=C(Sc3ccccc3)C(=O)N(CCc3ccccc3)C2=O)c1. The number of carbonyl (C=O) groups excluding carboxylic acids is 2. The maximum Gasteiger partial charge on any atom is 0.278 e. The summed E-state index contributed by atoms with van der Waals surface area (Å²) in [7, 11) is 0. The van der Waals surface area contributed by atoms with E-state index >= 15 is 0 Å². The molecule has 3 aromatic carbocycles. The zero-order chi connectivity index (χ0) is 21.8. The Morgan fingerprint density at radius 2 is 1.42 bits per heavy atom. The monoisotopic (exact) mass is 428 g/mol. The smallest absolute Gasteiger partial charge is 0.278 e. The lowest BCUT2D eigenvalue weighted by Gasteiger charge is -2.15. The van der Waals surface area contributed by atoms with Gasteiger partial charge in [-0.2, -0.15) is 0 Å². The van der Waals surface area contributed by atoms with E-state index < -0.39 is 0 Å². The van der Waals surface area contributed by atoms with E-state index in [9.17, 15) is 9.59 Å². The minimum Gasteiger partial charge on any atom is -0.350 e. The van der Waals surface area contributed by atoms with Gasteiger partial charge in [0.25, 0.3) is 11.8 Å². The first-order valence-electron chi connectivity index (χ1n) is 10.2. The Bertz CT molecular complexity index is 1120. The molecule has 4 rings (SSSR count). The predicted octanol–water partition coefficient (Wildman–Crippen LogP) is 5.33. The van der Waals surface area contributed by atoms with Crippen molar-refractivity contribution >= 4 is 29.3 Å². The normalized spacial score (nSPS) is 13.8. The molecule has 0 aromatic heterocycles. The highest BCUT2D eigenvalue weighted by Gasteiger charge is 2.38. The minimum absolute atomic E-state index is 0.248. The second-order valence-corrected chi connectivity index (χ2v) is 8.70. The second kappa shape index (κ2) is 9.23. The third-order valence-corrected chi connectivity index (χ3v) is 6.14. The molecule has 1 aliphatic rings. The summed E-state index contributed by atoms with van der Waals surface area (Å²) in [6.07, 6.45) is 0.623. The second-order valence-electron chi connectivity index (χ2n) is 7.62. The topological polar surface area (TPSA) is 49.4 Å². The van der Waals surface area contributed by atoms with Crippen LogP contribution in [0.3, 0.4) is 0 Å². The van der Waals surface area contributed by atoms with Crippen LogP contribution in [0.2, 0.25) is 0 Å². The fraction of sp³-hybridized carbons (Fsp3) is 0.154. The number of benzene rings is 3. The number of amides is 2. The summed E-state index contributed by atoms with van der Waals surface area (Å²) in [6.45, 7) is 4.37. The molecule has 0 unspecified atom stereocenters. The summed E-state index contributed by atoms with van der Waals surface area (Å²) in [5.41, 5.74) is 4.44. The molecule has 31 heavy (non-hydrogen) atoms. The van der Waals surface area contributed by atoms with Crippen molar-refractivity contribution < 1.29 is 9.59 Å². The Hall–Kier alpha value is -3.31. The maximum absolute atomic E-state index is 13.3. The predicted molar refractivity (Wildman–Crippen MR) is 126 cm³/mol. The molecule has 4 nitrogen and oxygen atoms in total. The summed E-state index contributed by atoms with van der Waals surface area (Å²) >= 11 is 1.33. The highest BCUT2D eigenvalue weighted by atomic mass is 32.2. The first-order chi connectivity index (χ1) is 15.0. The Morgan fingerprint density at radius 1 is 0.806 bits per heavy atom. The van der Waals surface area contributed by atoms with E-state index in [2.05, 4.69) is 11.4 Å². The number of hydrogen-bond donors (Lipinski definition) is 1. The van der Waals surface area contributed by atoms with Gasteiger partial charge in [-0.15, -0.1) is 0 Å². The molecule has 156 valence electrons. The van der Waals surface area contributed by atoms with Gasteiger partial charge < -0.3 is 5.32 Å². The molecule has 0 saturated heterocycles. The van der Waals surface area contributed by atoms with E-state index in [1.807, 2.05) is 86.6 Å². The van der Waals surface area contributed by atoms with Crippen LogP contribution in [0.5, 0.6) is 0 Å². The van der Waals surface area contributed by atoms with E-state index in [-0.39, 0.29) is 11.8 Å². The molecular formula is C26H24N2O2S. The summed E-state index contributed by atoms with van der Waals surface area (Å²) in [6, 6.07) is 25.6. The van der Waals surface area contributed by atoms with Gasteiger partial charge in [0.1, 0.15) is 10.6 Å². The number of carbonyl (C=O) groups is 2. The highest BCUT2D eigenvalue weighted by molar-refractivity contribution is 8.04. The van der Waals surface area contributed by atoms with Crippen LogP contribution in [0.15, 0.2) is 94.4 Å². The number of imide groups is 1. The van der Waals surface area contributed by atoms with Crippen molar-refractivity contribution in [1.82, 2.24) is 4.90 Å². The zero-order valence-electron chi connectivity index (χ0n) is 17.6. The standard InChI is InChI=1S/C26H24N2O2S/c1-18-15-19(2)17-21(16-18)27-23-24(31-22-11-7-4-8-12-22)26(30)28(25(23)29)14-13-20-9-5-3-6-10-20/h3-12,15-17,27H,13-14H2,1-2H3. The van der Waals surface area contributed by atoms with Gasteiger partial charge in [-0.05, 0) is 61.2 Å². The molecule has 1 N–H and O–H groups in total. The van der Waals surface area contributed by atoms with E-state index in [1.54, 1.807) is 0 Å². The van der Waals surface area contributed by atoms with Crippen LogP contribution in [0.25, 0.3) is 0 Å². The number of aryl methyl sites for hydroxylation is 2. The fourth-order valence-electron chi connectivity index (χ4n) is 3.64. The zero-order valence-corrected chi connectivity index (χ0v) is 18.4. The maximum atomic E-state index is 13.3. The molecule has 1 aliphatic heterocycles. The van der Waals surface area contributed by atoms with Gasteiger partial charge in [-0.1, -0.05) is 66.4 Å². The molecule has 0 aliphatic carbocycles. The van der Waals surface area contributed by atoms with Crippen LogP contribution in [-0.4, -0.2) is 23.3 Å². The fourth-order valence-corrected chi connectivity index (χ4v) is 4.61. The van der Waals surface area contributed by atoms with Crippen molar-refractivity contribution in [3.63, 3.8) is 0 Å². The molecule has 0 saturated carbocycles. The van der Waals surface area contributed by atoms with Crippen molar-refractivity contribution in [3.8, 4) is 0 Å². The Balaban J connectivity index is 1.63. The molecule has 1 heterocycles. The lowest BCUT2D eigenvalue weighted by molar-refractivity contribution is -0.137. The van der Waals surface area contributed by atoms with Gasteiger partial charge in [0.2, 0.25) is 0 Å². The molecule has 0 bridgehead atoms. The van der Waals surface area contributed by atoms with Crippen molar-refractivity contribution in [1.29, 1.82) is 0 Å². The van der Waals surface area contributed by atoms with Crippen molar-refractivity contribution in [2.45, 2.75) is 25.2 Å². The molecule has 0 spiro atoms. The van der Waals surface area contributed by atoms with Crippen molar-refractivity contribution in [2.24, 2.45) is 0 Å². The summed E-state index contributed by atoms with van der Waals surface area (Å²) in [5, 5.41) is 3.25. The van der Waals surface area contributed by atoms with E-state index in [1.165, 1.54) is 16.7 Å². The molecule has 0 radical (unpaired) electrons. The van der Waals surface area contributed by atoms with Crippen LogP contribution in [0.4, 0.5) is 5.69 Å². The number of anilines is 1. The quantitative estimate of drug-likeness (QED) is 0.517. The minimum atomic E-state index is -0.279. The molecular weight excluding hydrogens is 404 g/mol. The van der Waals surface area contributed by atoms with Gasteiger partial charge in [0.15, 0.2) is 0 Å². The average molecular weight is 429 g/mol. The van der Waals surface area contributed by atoms with Crippen molar-refractivity contribution in [3.05, 3.63) is 106 Å². The Morgan fingerprint density at radius 3 is 2.06 bits per heavy atom. The van der Waals surface area contributed by atoms with Gasteiger partial charge in [0, 0.05) is 17.1 Å². The molecule has 5 heteroatoms. The molecule has 3 aromatic rings. The van der Waals surface area contributed by atoms with Gasteiger partial charge in [-0.3, -0.25) is 14.5 Å². The molecule has 0 atom stereocenters. The third-order valence-electron chi connectivity index (χ3n) is 5.05. The van der Waals surface area contributed by atoms with E-state index in [4.69, 9.17) is 0 Å². The van der Waals surface area contributed by atoms with Crippen molar-refractivity contribution in [2.75, 3.05) is 11.9 Å². The number of nitrogens with one attached hydrogen (secondary N) is 1. The Labute approximate surface area is 187 Å².